The molecule has 4 heteroatoms. The first-order chi connectivity index (χ1) is 10.1. The minimum Gasteiger partial charge on any atom is -0.543 e. The molecule has 1 aromatic carbocycles. The van der Waals surface area contributed by atoms with Crippen molar-refractivity contribution in [3.05, 3.63) is 29.3 Å². The van der Waals surface area contributed by atoms with Crippen LogP contribution in [0.1, 0.15) is 45.2 Å². The predicted molar refractivity (Wildman–Crippen MR) is 94.0 cm³/mol. The van der Waals surface area contributed by atoms with Gasteiger partial charge in [-0.3, -0.25) is 4.79 Å². The van der Waals surface area contributed by atoms with E-state index in [1.54, 1.807) is 0 Å². The number of esters is 1. The van der Waals surface area contributed by atoms with Crippen LogP contribution in [0, 0.1) is 6.92 Å². The lowest BCUT2D eigenvalue weighted by atomic mass is 10.0. The maximum Gasteiger partial charge on any atom is 0.306 e. The number of carbonyl (C=O) groups is 1. The molecule has 124 valence electrons. The maximum absolute atomic E-state index is 11.5. The molecule has 0 spiro atoms. The van der Waals surface area contributed by atoms with Crippen molar-refractivity contribution in [3.63, 3.8) is 0 Å². The Morgan fingerprint density at radius 1 is 1.23 bits per heavy atom. The molecular formula is C18H30O3Si. The molecule has 0 aliphatic heterocycles. The van der Waals surface area contributed by atoms with Crippen LogP contribution in [-0.2, 0) is 16.0 Å². The first kappa shape index (κ1) is 18.8. The Hall–Kier alpha value is -1.29. The Morgan fingerprint density at radius 2 is 1.86 bits per heavy atom. The Labute approximate surface area is 136 Å². The van der Waals surface area contributed by atoms with Crippen LogP contribution in [0.3, 0.4) is 0 Å². The summed E-state index contributed by atoms with van der Waals surface area (Å²) in [6.45, 7) is 15.5. The Bertz CT molecular complexity index is 516. The Morgan fingerprint density at radius 3 is 2.36 bits per heavy atom. The lowest BCUT2D eigenvalue weighted by Crippen LogP contribution is -2.43. The average molecular weight is 323 g/mol. The molecular weight excluding hydrogens is 292 g/mol. The fourth-order valence-electron chi connectivity index (χ4n) is 1.93. The summed E-state index contributed by atoms with van der Waals surface area (Å²) in [5.41, 5.74) is 2.34. The van der Waals surface area contributed by atoms with E-state index < -0.39 is 8.32 Å². The van der Waals surface area contributed by atoms with Crippen molar-refractivity contribution in [3.8, 4) is 5.75 Å². The van der Waals surface area contributed by atoms with Gasteiger partial charge in [0.1, 0.15) is 5.75 Å². The van der Waals surface area contributed by atoms with Crippen molar-refractivity contribution >= 4 is 14.3 Å². The zero-order valence-corrected chi connectivity index (χ0v) is 16.1. The number of hydrogen-bond acceptors (Lipinski definition) is 3. The minimum absolute atomic E-state index is 0.136. The summed E-state index contributed by atoms with van der Waals surface area (Å²) in [6.07, 6.45) is 1.14. The topological polar surface area (TPSA) is 35.5 Å². The number of rotatable bonds is 6. The highest BCUT2D eigenvalue weighted by Crippen LogP contribution is 2.37. The summed E-state index contributed by atoms with van der Waals surface area (Å²) in [7, 11) is -1.81. The first-order valence-electron chi connectivity index (χ1n) is 8.01. The van der Waals surface area contributed by atoms with Crippen LogP contribution < -0.4 is 4.43 Å². The lowest BCUT2D eigenvalue weighted by Gasteiger charge is -2.36. The fraction of sp³-hybridized carbons (Fsp3) is 0.611. The zero-order chi connectivity index (χ0) is 17.0. The van der Waals surface area contributed by atoms with Crippen LogP contribution in [-0.4, -0.2) is 20.9 Å². The monoisotopic (exact) mass is 322 g/mol. The van der Waals surface area contributed by atoms with E-state index in [4.69, 9.17) is 9.16 Å². The van der Waals surface area contributed by atoms with Crippen molar-refractivity contribution in [2.45, 2.75) is 65.6 Å². The van der Waals surface area contributed by atoms with Gasteiger partial charge in [-0.05, 0) is 61.7 Å². The van der Waals surface area contributed by atoms with Crippen LogP contribution in [0.25, 0.3) is 0 Å². The second-order valence-electron chi connectivity index (χ2n) is 7.26. The number of ether oxygens (including phenoxy) is 1. The van der Waals surface area contributed by atoms with Gasteiger partial charge in [-0.1, -0.05) is 26.8 Å². The number of aryl methyl sites for hydroxylation is 2. The van der Waals surface area contributed by atoms with E-state index in [2.05, 4.69) is 52.9 Å². The van der Waals surface area contributed by atoms with Crippen molar-refractivity contribution in [2.75, 3.05) is 6.61 Å². The average Bonchev–Trinajstić information content (AvgIpc) is 2.36. The van der Waals surface area contributed by atoms with E-state index in [1.807, 2.05) is 13.0 Å². The van der Waals surface area contributed by atoms with E-state index in [0.29, 0.717) is 19.4 Å². The number of benzene rings is 1. The largest absolute Gasteiger partial charge is 0.543 e. The second-order valence-corrected chi connectivity index (χ2v) is 12.0. The molecule has 3 nitrogen and oxygen atoms in total. The van der Waals surface area contributed by atoms with Gasteiger partial charge in [0.15, 0.2) is 0 Å². The molecule has 0 fully saturated rings. The molecule has 22 heavy (non-hydrogen) atoms. The van der Waals surface area contributed by atoms with Crippen LogP contribution >= 0.6 is 0 Å². The molecule has 0 atom stereocenters. The maximum atomic E-state index is 11.5. The van der Waals surface area contributed by atoms with Crippen LogP contribution in [0.4, 0.5) is 0 Å². The molecule has 0 N–H and O–H groups in total. The molecule has 0 radical (unpaired) electrons. The molecule has 1 aromatic rings. The predicted octanol–water partition coefficient (Wildman–Crippen LogP) is 4.87. The smallest absolute Gasteiger partial charge is 0.306 e. The normalized spacial score (nSPS) is 12.1. The Balaban J connectivity index is 2.76. The van der Waals surface area contributed by atoms with E-state index in [1.165, 1.54) is 11.1 Å². The summed E-state index contributed by atoms with van der Waals surface area (Å²) < 4.78 is 11.3. The summed E-state index contributed by atoms with van der Waals surface area (Å²) in [6, 6.07) is 6.17. The van der Waals surface area contributed by atoms with E-state index in [-0.39, 0.29) is 11.0 Å². The summed E-state index contributed by atoms with van der Waals surface area (Å²) in [4.78, 5) is 11.5. The third-order valence-electron chi connectivity index (χ3n) is 4.40. The summed E-state index contributed by atoms with van der Waals surface area (Å²) in [5.74, 6) is 0.799. The third-order valence-corrected chi connectivity index (χ3v) is 8.76. The molecule has 0 aromatic heterocycles. The summed E-state index contributed by atoms with van der Waals surface area (Å²) in [5, 5.41) is 0.184. The van der Waals surface area contributed by atoms with E-state index in [9.17, 15) is 4.79 Å². The molecule has 0 saturated heterocycles. The molecule has 0 saturated carbocycles. The van der Waals surface area contributed by atoms with Gasteiger partial charge in [-0.2, -0.15) is 0 Å². The van der Waals surface area contributed by atoms with Crippen molar-refractivity contribution in [1.29, 1.82) is 0 Å². The highest BCUT2D eigenvalue weighted by Gasteiger charge is 2.38. The molecule has 0 bridgehead atoms. The number of hydrogen-bond donors (Lipinski definition) is 0. The highest BCUT2D eigenvalue weighted by atomic mass is 28.4. The van der Waals surface area contributed by atoms with Crippen molar-refractivity contribution in [2.24, 2.45) is 0 Å². The van der Waals surface area contributed by atoms with Gasteiger partial charge in [0, 0.05) is 6.42 Å². The molecule has 0 heterocycles. The Kier molecular flexibility index (Phi) is 6.24. The van der Waals surface area contributed by atoms with Gasteiger partial charge >= 0.3 is 5.97 Å². The van der Waals surface area contributed by atoms with E-state index in [0.717, 1.165) is 5.75 Å². The fourth-order valence-corrected chi connectivity index (χ4v) is 2.95. The zero-order valence-electron chi connectivity index (χ0n) is 15.1. The van der Waals surface area contributed by atoms with Gasteiger partial charge in [0.05, 0.1) is 6.61 Å². The van der Waals surface area contributed by atoms with Gasteiger partial charge in [-0.25, -0.2) is 0 Å². The summed E-state index contributed by atoms with van der Waals surface area (Å²) >= 11 is 0. The van der Waals surface area contributed by atoms with Crippen LogP contribution in [0.5, 0.6) is 5.75 Å². The molecule has 0 unspecified atom stereocenters. The molecule has 1 rings (SSSR count). The highest BCUT2D eigenvalue weighted by molar-refractivity contribution is 6.74. The molecule has 0 aliphatic carbocycles. The van der Waals surface area contributed by atoms with E-state index >= 15 is 0 Å². The van der Waals surface area contributed by atoms with Gasteiger partial charge in [0.25, 0.3) is 0 Å². The minimum atomic E-state index is -1.81. The van der Waals surface area contributed by atoms with Crippen LogP contribution in [0.2, 0.25) is 18.1 Å². The standard InChI is InChI=1S/C18H30O3Si/c1-8-20-17(19)12-10-15-9-11-16(13-14(15)2)21-22(6,7)18(3,4)5/h9,11,13H,8,10,12H2,1-7H3. The third kappa shape index (κ3) is 5.16. The van der Waals surface area contributed by atoms with Gasteiger partial charge in [-0.15, -0.1) is 0 Å². The SMILES string of the molecule is CCOC(=O)CCc1ccc(O[Si](C)(C)C(C)(C)C)cc1C. The molecule has 0 amide bonds. The molecule has 0 aliphatic rings. The first-order valence-corrected chi connectivity index (χ1v) is 10.9. The van der Waals surface area contributed by atoms with Crippen LogP contribution in [0.15, 0.2) is 18.2 Å². The van der Waals surface area contributed by atoms with Crippen molar-refractivity contribution in [1.82, 2.24) is 0 Å². The van der Waals surface area contributed by atoms with Gasteiger partial charge in [0.2, 0.25) is 8.32 Å². The second kappa shape index (κ2) is 7.31. The van der Waals surface area contributed by atoms with Crippen molar-refractivity contribution < 1.29 is 14.0 Å². The number of carbonyl (C=O) groups excluding carboxylic acids is 1. The quantitative estimate of drug-likeness (QED) is 0.553. The van der Waals surface area contributed by atoms with Gasteiger partial charge < -0.3 is 9.16 Å². The lowest BCUT2D eigenvalue weighted by molar-refractivity contribution is -0.143.